The molecular formula is C5H13ClSSi. The quantitative estimate of drug-likeness (QED) is 0.462. The normalized spacial score (nSPS) is 12.0. The first-order valence-electron chi connectivity index (χ1n) is 2.70. The fourth-order valence-electron chi connectivity index (χ4n) is 0.345. The van der Waals surface area contributed by atoms with E-state index in [4.69, 9.17) is 11.6 Å². The van der Waals surface area contributed by atoms with Crippen LogP contribution in [0.5, 0.6) is 0 Å². The van der Waals surface area contributed by atoms with Crippen LogP contribution in [0.1, 0.15) is 0 Å². The molecule has 50 valence electrons. The van der Waals surface area contributed by atoms with Crippen LogP contribution in [0.2, 0.25) is 19.6 Å². The van der Waals surface area contributed by atoms with Gasteiger partial charge in [0.2, 0.25) is 0 Å². The number of halogens is 1. The maximum atomic E-state index is 5.49. The lowest BCUT2D eigenvalue weighted by Gasteiger charge is -2.12. The Bertz CT molecular complexity index is 59.9. The highest BCUT2D eigenvalue weighted by Gasteiger charge is 2.11. The van der Waals surface area contributed by atoms with E-state index in [-0.39, 0.29) is 0 Å². The number of thioether (sulfide) groups is 1. The van der Waals surface area contributed by atoms with E-state index in [1.165, 1.54) is 5.38 Å². The van der Waals surface area contributed by atoms with Crippen LogP contribution in [0.15, 0.2) is 0 Å². The van der Waals surface area contributed by atoms with Crippen LogP contribution in [0.3, 0.4) is 0 Å². The molecular weight excluding hydrogens is 156 g/mol. The van der Waals surface area contributed by atoms with E-state index in [1.54, 1.807) is 0 Å². The number of hydrogen-bond acceptors (Lipinski definition) is 1. The number of hydrogen-bond donors (Lipinski definition) is 0. The molecule has 0 aliphatic heterocycles. The summed E-state index contributed by atoms with van der Waals surface area (Å²) < 4.78 is 0. The van der Waals surface area contributed by atoms with E-state index >= 15 is 0 Å². The molecule has 0 aromatic carbocycles. The molecule has 0 N–H and O–H groups in total. The molecule has 0 aliphatic rings. The molecule has 0 rings (SSSR count). The first-order valence-corrected chi connectivity index (χ1v) is 8.09. The van der Waals surface area contributed by atoms with Gasteiger partial charge in [-0.05, 0) is 5.38 Å². The van der Waals surface area contributed by atoms with Crippen molar-refractivity contribution in [1.82, 2.24) is 0 Å². The van der Waals surface area contributed by atoms with Crippen molar-refractivity contribution in [3.63, 3.8) is 0 Å². The van der Waals surface area contributed by atoms with Crippen molar-refractivity contribution in [2.75, 3.05) is 10.6 Å². The summed E-state index contributed by atoms with van der Waals surface area (Å²) in [5.74, 6) is 0. The first kappa shape index (κ1) is 8.86. The molecule has 0 aliphatic carbocycles. The van der Waals surface area contributed by atoms with Crippen LogP contribution in [0, 0.1) is 0 Å². The van der Waals surface area contributed by atoms with Gasteiger partial charge in [-0.25, -0.2) is 0 Å². The fourth-order valence-corrected chi connectivity index (χ4v) is 3.80. The Hall–Kier alpha value is 0.857. The smallest absolute Gasteiger partial charge is 0.0677 e. The Morgan fingerprint density at radius 1 is 1.38 bits per heavy atom. The molecule has 0 heterocycles. The molecule has 3 heteroatoms. The Balaban J connectivity index is 3.11. The monoisotopic (exact) mass is 168 g/mol. The minimum Gasteiger partial charge on any atom is -0.149 e. The van der Waals surface area contributed by atoms with Gasteiger partial charge in [0.1, 0.15) is 0 Å². The molecule has 0 saturated carbocycles. The molecule has 0 spiro atoms. The summed E-state index contributed by atoms with van der Waals surface area (Å²) in [4.78, 5) is 0. The van der Waals surface area contributed by atoms with Crippen molar-refractivity contribution in [1.29, 1.82) is 0 Å². The van der Waals surface area contributed by atoms with E-state index in [9.17, 15) is 0 Å². The molecule has 0 fully saturated rings. The summed E-state index contributed by atoms with van der Waals surface area (Å²) in [6, 6.07) is 0. The zero-order chi connectivity index (χ0) is 6.62. The molecule has 8 heavy (non-hydrogen) atoms. The van der Waals surface area contributed by atoms with Gasteiger partial charge in [-0.3, -0.25) is 0 Å². The van der Waals surface area contributed by atoms with Crippen molar-refractivity contribution in [3.05, 3.63) is 0 Å². The first-order chi connectivity index (χ1) is 3.56. The van der Waals surface area contributed by atoms with Gasteiger partial charge < -0.3 is 0 Å². The maximum Gasteiger partial charge on any atom is 0.0677 e. The highest BCUT2D eigenvalue weighted by atomic mass is 35.5. The predicted molar refractivity (Wildman–Crippen MR) is 46.5 cm³/mol. The lowest BCUT2D eigenvalue weighted by molar-refractivity contribution is 1.67. The Kier molecular flexibility index (Phi) is 4.21. The summed E-state index contributed by atoms with van der Waals surface area (Å²) in [5.41, 5.74) is 0. The summed E-state index contributed by atoms with van der Waals surface area (Å²) in [6.45, 7) is 7.06. The average Bonchev–Trinajstić information content (AvgIpc) is 1.59. The second-order valence-corrected chi connectivity index (χ2v) is 10.6. The van der Waals surface area contributed by atoms with Crippen LogP contribution in [0.4, 0.5) is 0 Å². The molecule has 0 unspecified atom stereocenters. The third kappa shape index (κ3) is 6.86. The highest BCUT2D eigenvalue weighted by molar-refractivity contribution is 8.01. The summed E-state index contributed by atoms with van der Waals surface area (Å²) in [5, 5.41) is 2.04. The minimum absolute atomic E-state index is 0.754. The second kappa shape index (κ2) is 3.80. The van der Waals surface area contributed by atoms with Gasteiger partial charge in [0.25, 0.3) is 0 Å². The molecule has 0 bridgehead atoms. The summed E-state index contributed by atoms with van der Waals surface area (Å²) in [6.07, 6.45) is 0. The van der Waals surface area contributed by atoms with E-state index < -0.39 is 8.07 Å². The van der Waals surface area contributed by atoms with Gasteiger partial charge in [-0.2, -0.15) is 0 Å². The second-order valence-electron chi connectivity index (χ2n) is 3.02. The van der Waals surface area contributed by atoms with Crippen molar-refractivity contribution < 1.29 is 0 Å². The van der Waals surface area contributed by atoms with Crippen molar-refractivity contribution in [2.45, 2.75) is 19.6 Å². The maximum absolute atomic E-state index is 5.49. The molecule has 0 radical (unpaired) electrons. The lowest BCUT2D eigenvalue weighted by Crippen LogP contribution is -2.23. The fraction of sp³-hybridized carbons (Fsp3) is 1.00. The largest absolute Gasteiger partial charge is 0.149 e. The molecule has 0 amide bonds. The summed E-state index contributed by atoms with van der Waals surface area (Å²) >= 11 is 7.33. The minimum atomic E-state index is -0.800. The summed E-state index contributed by atoms with van der Waals surface area (Å²) in [7, 11) is -0.800. The van der Waals surface area contributed by atoms with Crippen molar-refractivity contribution >= 4 is 31.4 Å². The highest BCUT2D eigenvalue weighted by Crippen LogP contribution is 2.11. The molecule has 0 aromatic heterocycles. The van der Waals surface area contributed by atoms with Gasteiger partial charge >= 0.3 is 0 Å². The van der Waals surface area contributed by atoms with Gasteiger partial charge in [0.15, 0.2) is 0 Å². The lowest BCUT2D eigenvalue weighted by atomic mass is 11.8. The number of alkyl halides is 1. The van der Waals surface area contributed by atoms with Crippen LogP contribution in [0.25, 0.3) is 0 Å². The standard InChI is InChI=1S/C5H13ClSSi/c1-8(2,3)5-7-4-6/h4-5H2,1-3H3. The SMILES string of the molecule is C[Si](C)(C)CSCCl. The predicted octanol–water partition coefficient (Wildman–Crippen LogP) is 2.79. The average molecular weight is 169 g/mol. The molecule has 0 atom stereocenters. The Morgan fingerprint density at radius 2 is 1.88 bits per heavy atom. The third-order valence-corrected chi connectivity index (χ3v) is 5.51. The Morgan fingerprint density at radius 3 is 2.00 bits per heavy atom. The van der Waals surface area contributed by atoms with E-state index in [0.717, 1.165) is 5.21 Å². The van der Waals surface area contributed by atoms with Crippen LogP contribution >= 0.6 is 23.4 Å². The van der Waals surface area contributed by atoms with Crippen LogP contribution in [-0.2, 0) is 0 Å². The third-order valence-electron chi connectivity index (χ3n) is 0.612. The van der Waals surface area contributed by atoms with Crippen LogP contribution in [-0.4, -0.2) is 18.7 Å². The van der Waals surface area contributed by atoms with E-state index in [2.05, 4.69) is 19.6 Å². The zero-order valence-corrected chi connectivity index (χ0v) is 8.27. The molecule has 0 saturated heterocycles. The van der Waals surface area contributed by atoms with Gasteiger partial charge in [-0.1, -0.05) is 19.6 Å². The van der Waals surface area contributed by atoms with Gasteiger partial charge in [0.05, 0.1) is 13.3 Å². The zero-order valence-electron chi connectivity index (χ0n) is 5.70. The van der Waals surface area contributed by atoms with E-state index in [1.807, 2.05) is 11.8 Å². The Labute approximate surface area is 62.0 Å². The van der Waals surface area contributed by atoms with Crippen LogP contribution < -0.4 is 0 Å². The number of rotatable bonds is 3. The van der Waals surface area contributed by atoms with Crippen molar-refractivity contribution in [2.24, 2.45) is 0 Å². The van der Waals surface area contributed by atoms with E-state index in [0.29, 0.717) is 0 Å². The topological polar surface area (TPSA) is 0 Å². The van der Waals surface area contributed by atoms with Gasteiger partial charge in [0, 0.05) is 0 Å². The molecule has 0 aromatic rings. The van der Waals surface area contributed by atoms with Crippen molar-refractivity contribution in [3.8, 4) is 0 Å². The van der Waals surface area contributed by atoms with Gasteiger partial charge in [-0.15, -0.1) is 23.4 Å². The molecule has 0 nitrogen and oxygen atoms in total.